The molecule has 0 unspecified atom stereocenters. The van der Waals surface area contributed by atoms with Gasteiger partial charge in [0.05, 0.1) is 5.75 Å². The molecule has 2 amide bonds. The molecule has 2 aliphatic rings. The maximum atomic E-state index is 12.9. The van der Waals surface area contributed by atoms with Gasteiger partial charge in [-0.3, -0.25) is 14.5 Å². The largest absolute Gasteiger partial charge is 0.487 e. The van der Waals surface area contributed by atoms with Crippen LogP contribution >= 0.6 is 34.4 Å². The number of aryl methyl sites for hydroxylation is 1. The predicted octanol–water partition coefficient (Wildman–Crippen LogP) is 0.208. The first kappa shape index (κ1) is 25.4. The highest BCUT2D eigenvalue weighted by molar-refractivity contribution is 8.00. The molecule has 0 spiro atoms. The fourth-order valence-electron chi connectivity index (χ4n) is 3.28. The Morgan fingerprint density at radius 1 is 1.28 bits per heavy atom. The van der Waals surface area contributed by atoms with Crippen LogP contribution in [0.1, 0.15) is 16.4 Å². The highest BCUT2D eigenvalue weighted by atomic mass is 32.2. The number of ether oxygens (including phenoxy) is 1. The van der Waals surface area contributed by atoms with Gasteiger partial charge in [-0.2, -0.15) is 0 Å². The normalized spacial score (nSPS) is 19.4. The SMILES string of the molecule is Cc1csc(COC2=C(C(=O)O)N3C(=O)[C@@H](NC(=O)/C(=N\OCC(=O)O)c4csc(N)n4)[C@H]3SC2)n1. The first-order valence-electron chi connectivity index (χ1n) is 10.0. The van der Waals surface area contributed by atoms with Crippen molar-refractivity contribution >= 4 is 69.0 Å². The molecule has 2 aromatic heterocycles. The van der Waals surface area contributed by atoms with Gasteiger partial charge in [-0.1, -0.05) is 5.16 Å². The van der Waals surface area contributed by atoms with E-state index in [2.05, 4.69) is 25.3 Å². The summed E-state index contributed by atoms with van der Waals surface area (Å²) in [5.74, 6) is -3.91. The average Bonchev–Trinajstić information content (AvgIpc) is 3.45. The van der Waals surface area contributed by atoms with Crippen molar-refractivity contribution in [2.75, 3.05) is 18.1 Å². The highest BCUT2D eigenvalue weighted by Gasteiger charge is 2.55. The van der Waals surface area contributed by atoms with E-state index in [4.69, 9.17) is 15.6 Å². The summed E-state index contributed by atoms with van der Waals surface area (Å²) in [5, 5.41) is 27.9. The number of thiazole rings is 2. The number of carbonyl (C=O) groups excluding carboxylic acids is 2. The fraction of sp³-hybridized carbons (Fsp3) is 0.316. The summed E-state index contributed by atoms with van der Waals surface area (Å²) in [4.78, 5) is 62.4. The van der Waals surface area contributed by atoms with Crippen molar-refractivity contribution in [2.45, 2.75) is 24.9 Å². The van der Waals surface area contributed by atoms with Crippen LogP contribution in [0.4, 0.5) is 5.13 Å². The standard InChI is InChI=1S/C19H18N6O8S3/c1-7-4-34-10(21-7)2-32-9-6-35-17-13(16(29)25(17)14(9)18(30)31)23-15(28)12(24-33-3-11(26)27)8-5-36-19(20)22-8/h4-5,13,17H,2-3,6H2,1H3,(H2,20,22)(H,23,28)(H,26,27)(H,30,31)/b24-12-/t13-,17-/m1/s1. The lowest BCUT2D eigenvalue weighted by molar-refractivity contribution is -0.150. The van der Waals surface area contributed by atoms with Crippen LogP contribution < -0.4 is 11.1 Å². The maximum absolute atomic E-state index is 12.9. The molecule has 0 saturated carbocycles. The molecule has 0 bridgehead atoms. The number of nitrogens with zero attached hydrogens (tertiary/aromatic N) is 4. The highest BCUT2D eigenvalue weighted by Crippen LogP contribution is 2.41. The molecular formula is C19H18N6O8S3. The maximum Gasteiger partial charge on any atom is 0.356 e. The molecule has 0 radical (unpaired) electrons. The van der Waals surface area contributed by atoms with Gasteiger partial charge >= 0.3 is 11.9 Å². The lowest BCUT2D eigenvalue weighted by Crippen LogP contribution is -2.71. The van der Waals surface area contributed by atoms with Gasteiger partial charge < -0.3 is 30.8 Å². The third kappa shape index (κ3) is 5.26. The summed E-state index contributed by atoms with van der Waals surface area (Å²) in [6.45, 7) is 1.08. The van der Waals surface area contributed by atoms with Crippen LogP contribution in [0.25, 0.3) is 0 Å². The van der Waals surface area contributed by atoms with E-state index in [-0.39, 0.29) is 40.4 Å². The molecule has 2 aromatic rings. The predicted molar refractivity (Wildman–Crippen MR) is 128 cm³/mol. The Morgan fingerprint density at radius 2 is 2.06 bits per heavy atom. The first-order valence-corrected chi connectivity index (χ1v) is 12.9. The van der Waals surface area contributed by atoms with Crippen molar-refractivity contribution in [2.24, 2.45) is 5.16 Å². The monoisotopic (exact) mass is 554 g/mol. The third-order valence-corrected chi connectivity index (χ3v) is 7.65. The number of carboxylic acids is 2. The minimum absolute atomic E-state index is 0.0274. The summed E-state index contributed by atoms with van der Waals surface area (Å²) < 4.78 is 5.68. The molecule has 0 aromatic carbocycles. The number of aliphatic carboxylic acids is 2. The minimum atomic E-state index is -1.34. The van der Waals surface area contributed by atoms with Crippen molar-refractivity contribution < 1.29 is 39.0 Å². The van der Waals surface area contributed by atoms with Gasteiger partial charge in [0, 0.05) is 16.5 Å². The zero-order valence-corrected chi connectivity index (χ0v) is 20.8. The number of aromatic nitrogens is 2. The van der Waals surface area contributed by atoms with E-state index in [0.717, 1.165) is 21.9 Å². The van der Waals surface area contributed by atoms with Crippen LogP contribution in [-0.4, -0.2) is 78.3 Å². The molecule has 1 saturated heterocycles. The second-order valence-corrected chi connectivity index (χ2v) is 10.2. The van der Waals surface area contributed by atoms with Gasteiger partial charge in [-0.05, 0) is 6.92 Å². The second kappa shape index (κ2) is 10.5. The zero-order chi connectivity index (χ0) is 26.0. The van der Waals surface area contributed by atoms with Crippen molar-refractivity contribution in [1.29, 1.82) is 0 Å². The van der Waals surface area contributed by atoms with E-state index in [0.29, 0.717) is 5.01 Å². The minimum Gasteiger partial charge on any atom is -0.487 e. The number of hydrogen-bond donors (Lipinski definition) is 4. The number of nitrogens with two attached hydrogens (primary N) is 1. The Labute approximate surface area is 214 Å². The van der Waals surface area contributed by atoms with E-state index in [1.54, 1.807) is 0 Å². The molecule has 14 nitrogen and oxygen atoms in total. The topological polar surface area (TPSA) is 207 Å². The molecule has 1 fully saturated rings. The summed E-state index contributed by atoms with van der Waals surface area (Å²) in [5.41, 5.74) is 5.77. The van der Waals surface area contributed by atoms with Crippen LogP contribution in [0.15, 0.2) is 27.4 Å². The van der Waals surface area contributed by atoms with E-state index in [1.807, 2.05) is 12.3 Å². The number of anilines is 1. The van der Waals surface area contributed by atoms with Crippen molar-refractivity contribution in [3.63, 3.8) is 0 Å². The van der Waals surface area contributed by atoms with E-state index in [9.17, 15) is 24.3 Å². The molecule has 2 atom stereocenters. The quantitative estimate of drug-likeness (QED) is 0.177. The van der Waals surface area contributed by atoms with Crippen LogP contribution in [0.2, 0.25) is 0 Å². The van der Waals surface area contributed by atoms with Crippen molar-refractivity contribution in [3.8, 4) is 0 Å². The number of carbonyl (C=O) groups is 4. The number of fused-ring (bicyclic) bond motifs is 1. The Morgan fingerprint density at radius 3 is 2.67 bits per heavy atom. The van der Waals surface area contributed by atoms with Gasteiger partial charge in [0.1, 0.15) is 34.5 Å². The van der Waals surface area contributed by atoms with Gasteiger partial charge in [-0.25, -0.2) is 19.6 Å². The summed E-state index contributed by atoms with van der Waals surface area (Å²) >= 11 is 3.61. The van der Waals surface area contributed by atoms with E-state index < -0.39 is 41.8 Å². The second-order valence-electron chi connectivity index (χ2n) is 7.29. The van der Waals surface area contributed by atoms with Crippen LogP contribution in [0.3, 0.4) is 0 Å². The Hall–Kier alpha value is -3.70. The molecule has 0 aliphatic carbocycles. The number of β-lactam (4-membered cyclic amide) rings is 1. The van der Waals surface area contributed by atoms with Crippen LogP contribution in [0.5, 0.6) is 0 Å². The zero-order valence-electron chi connectivity index (χ0n) is 18.4. The third-order valence-electron chi connectivity index (χ3n) is 4.78. The van der Waals surface area contributed by atoms with Gasteiger partial charge in [0.2, 0.25) is 6.61 Å². The average molecular weight is 555 g/mol. The van der Waals surface area contributed by atoms with Crippen molar-refractivity contribution in [3.05, 3.63) is 38.6 Å². The molecule has 5 N–H and O–H groups in total. The number of hydrogen-bond acceptors (Lipinski definition) is 13. The Bertz CT molecular complexity index is 1290. The smallest absolute Gasteiger partial charge is 0.356 e. The van der Waals surface area contributed by atoms with Crippen LogP contribution in [-0.2, 0) is 35.4 Å². The van der Waals surface area contributed by atoms with Gasteiger partial charge in [0.25, 0.3) is 11.8 Å². The number of rotatable bonds is 10. The fourth-order valence-corrected chi connectivity index (χ4v) is 5.79. The number of nitrogen functional groups attached to an aromatic ring is 1. The lowest BCUT2D eigenvalue weighted by Gasteiger charge is -2.48. The molecular weight excluding hydrogens is 536 g/mol. The number of carboxylic acid groups (broad SMARTS) is 2. The van der Waals surface area contributed by atoms with E-state index >= 15 is 0 Å². The van der Waals surface area contributed by atoms with Crippen LogP contribution in [0, 0.1) is 6.92 Å². The molecule has 2 aliphatic heterocycles. The number of oxime groups is 1. The Kier molecular flexibility index (Phi) is 7.41. The summed E-state index contributed by atoms with van der Waals surface area (Å²) in [7, 11) is 0. The molecule has 4 rings (SSSR count). The lowest BCUT2D eigenvalue weighted by atomic mass is 10.0. The van der Waals surface area contributed by atoms with E-state index in [1.165, 1.54) is 28.5 Å². The molecule has 17 heteroatoms. The summed E-state index contributed by atoms with van der Waals surface area (Å²) in [6, 6.07) is -1.07. The number of nitrogens with one attached hydrogen (secondary N) is 1. The first-order chi connectivity index (χ1) is 17.2. The number of thioether (sulfide) groups is 1. The molecule has 36 heavy (non-hydrogen) atoms. The summed E-state index contributed by atoms with van der Waals surface area (Å²) in [6.07, 6.45) is 0. The number of amides is 2. The van der Waals surface area contributed by atoms with Gasteiger partial charge in [0.15, 0.2) is 16.5 Å². The Balaban J connectivity index is 1.49. The molecule has 4 heterocycles. The molecule has 190 valence electrons. The van der Waals surface area contributed by atoms with Crippen molar-refractivity contribution in [1.82, 2.24) is 20.2 Å². The van der Waals surface area contributed by atoms with Gasteiger partial charge in [-0.15, -0.1) is 34.4 Å².